The van der Waals surface area contributed by atoms with Gasteiger partial charge in [0.05, 0.1) is 0 Å². The van der Waals surface area contributed by atoms with Gasteiger partial charge in [-0.05, 0) is 38.3 Å². The highest BCUT2D eigenvalue weighted by molar-refractivity contribution is 5.85. The molecule has 0 radical (unpaired) electrons. The lowest BCUT2D eigenvalue weighted by atomic mass is 10.1. The zero-order valence-corrected chi connectivity index (χ0v) is 8.26. The first-order valence-electron chi connectivity index (χ1n) is 4.51. The van der Waals surface area contributed by atoms with E-state index < -0.39 is 0 Å². The summed E-state index contributed by atoms with van der Waals surface area (Å²) in [6, 6.07) is 8.62. The number of benzene rings is 1. The molecule has 0 aliphatic rings. The first-order valence-corrected chi connectivity index (χ1v) is 4.51. The number of nitrogens with zero attached hydrogens (tertiary/aromatic N) is 1. The molecule has 0 unspecified atom stereocenters. The fourth-order valence-electron chi connectivity index (χ4n) is 1.69. The second-order valence-electron chi connectivity index (χ2n) is 3.57. The van der Waals surface area contributed by atoms with Crippen LogP contribution in [0.15, 0.2) is 24.3 Å². The summed E-state index contributed by atoms with van der Waals surface area (Å²) in [5.74, 6) is 0. The van der Waals surface area contributed by atoms with E-state index in [2.05, 4.69) is 43.1 Å². The predicted octanol–water partition coefficient (Wildman–Crippen LogP) is 3.16. The van der Waals surface area contributed by atoms with Crippen molar-refractivity contribution >= 4 is 10.8 Å². The maximum absolute atomic E-state index is 4.44. The van der Waals surface area contributed by atoms with Gasteiger partial charge in [-0.2, -0.15) is 0 Å². The molecule has 0 fully saturated rings. The zero-order chi connectivity index (χ0) is 9.42. The summed E-state index contributed by atoms with van der Waals surface area (Å²) in [6.45, 7) is 6.21. The van der Waals surface area contributed by atoms with Crippen molar-refractivity contribution < 1.29 is 0 Å². The van der Waals surface area contributed by atoms with Gasteiger partial charge >= 0.3 is 0 Å². The highest BCUT2D eigenvalue weighted by Crippen LogP contribution is 2.19. The molecule has 0 aliphatic carbocycles. The first-order chi connectivity index (χ1) is 6.16. The molecule has 2 aromatic rings. The van der Waals surface area contributed by atoms with Crippen LogP contribution in [0.1, 0.15) is 17.0 Å². The monoisotopic (exact) mass is 171 g/mol. The van der Waals surface area contributed by atoms with Crippen molar-refractivity contribution in [1.82, 2.24) is 4.98 Å². The SMILES string of the molecule is Cc1ccc2cc(C)nc(C)c2c1. The molecule has 0 aliphatic heterocycles. The van der Waals surface area contributed by atoms with Gasteiger partial charge in [0.15, 0.2) is 0 Å². The molecule has 0 spiro atoms. The summed E-state index contributed by atoms with van der Waals surface area (Å²) in [4.78, 5) is 4.44. The molecule has 13 heavy (non-hydrogen) atoms. The minimum atomic E-state index is 1.09. The van der Waals surface area contributed by atoms with E-state index in [0.717, 1.165) is 11.4 Å². The number of hydrogen-bond donors (Lipinski definition) is 0. The predicted molar refractivity (Wildman–Crippen MR) is 56.0 cm³/mol. The van der Waals surface area contributed by atoms with Crippen LogP contribution in [0.4, 0.5) is 0 Å². The second-order valence-corrected chi connectivity index (χ2v) is 3.57. The topological polar surface area (TPSA) is 12.9 Å². The highest BCUT2D eigenvalue weighted by Gasteiger charge is 1.99. The maximum atomic E-state index is 4.44. The summed E-state index contributed by atoms with van der Waals surface area (Å²) >= 11 is 0. The van der Waals surface area contributed by atoms with E-state index in [9.17, 15) is 0 Å². The van der Waals surface area contributed by atoms with Gasteiger partial charge < -0.3 is 0 Å². The molecule has 1 aromatic carbocycles. The van der Waals surface area contributed by atoms with Gasteiger partial charge in [0.25, 0.3) is 0 Å². The Bertz CT molecular complexity index is 458. The van der Waals surface area contributed by atoms with Gasteiger partial charge in [-0.15, -0.1) is 0 Å². The fourth-order valence-corrected chi connectivity index (χ4v) is 1.69. The Labute approximate surface area is 78.4 Å². The van der Waals surface area contributed by atoms with E-state index in [1.54, 1.807) is 0 Å². The maximum Gasteiger partial charge on any atom is 0.0454 e. The van der Waals surface area contributed by atoms with Crippen LogP contribution in [-0.2, 0) is 0 Å². The largest absolute Gasteiger partial charge is 0.258 e. The lowest BCUT2D eigenvalue weighted by Crippen LogP contribution is -1.88. The molecule has 1 heteroatoms. The Morgan fingerprint density at radius 2 is 1.77 bits per heavy atom. The summed E-state index contributed by atoms with van der Waals surface area (Å²) in [5, 5.41) is 2.56. The van der Waals surface area contributed by atoms with Crippen molar-refractivity contribution in [3.8, 4) is 0 Å². The summed E-state index contributed by atoms with van der Waals surface area (Å²) in [5.41, 5.74) is 3.51. The molecular weight excluding hydrogens is 158 g/mol. The number of pyridine rings is 1. The van der Waals surface area contributed by atoms with Crippen LogP contribution >= 0.6 is 0 Å². The van der Waals surface area contributed by atoms with Crippen LogP contribution in [0.25, 0.3) is 10.8 Å². The van der Waals surface area contributed by atoms with Gasteiger partial charge in [-0.3, -0.25) is 4.98 Å². The van der Waals surface area contributed by atoms with Crippen LogP contribution in [0.3, 0.4) is 0 Å². The number of fused-ring (bicyclic) bond motifs is 1. The summed E-state index contributed by atoms with van der Waals surface area (Å²) < 4.78 is 0. The van der Waals surface area contributed by atoms with Crippen molar-refractivity contribution in [3.05, 3.63) is 41.2 Å². The van der Waals surface area contributed by atoms with E-state index in [1.807, 2.05) is 6.92 Å². The van der Waals surface area contributed by atoms with Gasteiger partial charge in [0.1, 0.15) is 0 Å². The Kier molecular flexibility index (Phi) is 1.80. The summed E-state index contributed by atoms with van der Waals surface area (Å²) in [7, 11) is 0. The number of hydrogen-bond acceptors (Lipinski definition) is 1. The third kappa shape index (κ3) is 1.42. The van der Waals surface area contributed by atoms with E-state index >= 15 is 0 Å². The van der Waals surface area contributed by atoms with Crippen molar-refractivity contribution in [2.45, 2.75) is 20.8 Å². The van der Waals surface area contributed by atoms with Gasteiger partial charge in [-0.25, -0.2) is 0 Å². The molecule has 2 rings (SSSR count). The normalized spacial score (nSPS) is 10.7. The van der Waals surface area contributed by atoms with E-state index in [1.165, 1.54) is 16.3 Å². The lowest BCUT2D eigenvalue weighted by molar-refractivity contribution is 1.15. The van der Waals surface area contributed by atoms with Crippen LogP contribution in [0.2, 0.25) is 0 Å². The molecule has 0 amide bonds. The van der Waals surface area contributed by atoms with E-state index in [-0.39, 0.29) is 0 Å². The zero-order valence-electron chi connectivity index (χ0n) is 8.26. The standard InChI is InChI=1S/C12H13N/c1-8-4-5-11-7-9(2)13-10(3)12(11)6-8/h4-7H,1-3H3. The molecular formula is C12H13N. The van der Waals surface area contributed by atoms with Crippen molar-refractivity contribution in [1.29, 1.82) is 0 Å². The molecule has 0 bridgehead atoms. The second kappa shape index (κ2) is 2.84. The minimum Gasteiger partial charge on any atom is -0.258 e. The molecule has 1 aromatic heterocycles. The molecule has 0 saturated heterocycles. The number of aromatic nitrogens is 1. The average molecular weight is 171 g/mol. The Hall–Kier alpha value is -1.37. The van der Waals surface area contributed by atoms with E-state index in [4.69, 9.17) is 0 Å². The van der Waals surface area contributed by atoms with E-state index in [0.29, 0.717) is 0 Å². The number of aryl methyl sites for hydroxylation is 3. The quantitative estimate of drug-likeness (QED) is 0.593. The Balaban J connectivity index is 2.87. The van der Waals surface area contributed by atoms with Crippen molar-refractivity contribution in [3.63, 3.8) is 0 Å². The van der Waals surface area contributed by atoms with Gasteiger partial charge in [-0.1, -0.05) is 17.7 Å². The first kappa shape index (κ1) is 8.24. The molecule has 66 valence electrons. The van der Waals surface area contributed by atoms with Gasteiger partial charge in [0.2, 0.25) is 0 Å². The molecule has 0 N–H and O–H groups in total. The van der Waals surface area contributed by atoms with Crippen LogP contribution in [0.5, 0.6) is 0 Å². The highest BCUT2D eigenvalue weighted by atomic mass is 14.7. The average Bonchev–Trinajstić information content (AvgIpc) is 2.06. The molecule has 0 saturated carbocycles. The van der Waals surface area contributed by atoms with Gasteiger partial charge in [0, 0.05) is 16.8 Å². The Morgan fingerprint density at radius 1 is 1.00 bits per heavy atom. The third-order valence-electron chi connectivity index (χ3n) is 2.31. The minimum absolute atomic E-state index is 1.09. The smallest absolute Gasteiger partial charge is 0.0454 e. The van der Waals surface area contributed by atoms with Crippen molar-refractivity contribution in [2.24, 2.45) is 0 Å². The Morgan fingerprint density at radius 3 is 2.54 bits per heavy atom. The molecule has 1 nitrogen and oxygen atoms in total. The lowest BCUT2D eigenvalue weighted by Gasteiger charge is -2.03. The van der Waals surface area contributed by atoms with Crippen LogP contribution < -0.4 is 0 Å². The summed E-state index contributed by atoms with van der Waals surface area (Å²) in [6.07, 6.45) is 0. The third-order valence-corrected chi connectivity index (χ3v) is 2.31. The molecule has 0 atom stereocenters. The number of rotatable bonds is 0. The fraction of sp³-hybridized carbons (Fsp3) is 0.250. The van der Waals surface area contributed by atoms with Crippen LogP contribution in [0, 0.1) is 20.8 Å². The van der Waals surface area contributed by atoms with Crippen LogP contribution in [-0.4, -0.2) is 4.98 Å². The van der Waals surface area contributed by atoms with Crippen molar-refractivity contribution in [2.75, 3.05) is 0 Å². The molecule has 1 heterocycles.